The molecule has 0 amide bonds. The first-order valence-electron chi connectivity index (χ1n) is 8.92. The van der Waals surface area contributed by atoms with Crippen LogP contribution >= 0.6 is 0 Å². The number of aromatic amines is 1. The summed E-state index contributed by atoms with van der Waals surface area (Å²) >= 11 is 0. The second-order valence-electron chi connectivity index (χ2n) is 6.90. The largest absolute Gasteiger partial charge is 0.465 e. The number of fused-ring (bicyclic) bond motifs is 1. The molecule has 1 aliphatic carbocycles. The van der Waals surface area contributed by atoms with Crippen LogP contribution in [0.15, 0.2) is 48.5 Å². The molecular formula is C21H22N2O3. The van der Waals surface area contributed by atoms with E-state index in [2.05, 4.69) is 22.3 Å². The van der Waals surface area contributed by atoms with E-state index in [1.165, 1.54) is 12.7 Å². The molecule has 26 heavy (non-hydrogen) atoms. The summed E-state index contributed by atoms with van der Waals surface area (Å²) in [5.74, 6) is 0.737. The number of carbonyl (C=O) groups excluding carboxylic acids is 1. The van der Waals surface area contributed by atoms with Gasteiger partial charge in [-0.25, -0.2) is 4.79 Å². The highest BCUT2D eigenvalue weighted by molar-refractivity contribution is 5.94. The van der Waals surface area contributed by atoms with Gasteiger partial charge in [0.15, 0.2) is 0 Å². The van der Waals surface area contributed by atoms with Gasteiger partial charge in [-0.1, -0.05) is 36.4 Å². The van der Waals surface area contributed by atoms with Crippen LogP contribution in [-0.4, -0.2) is 29.9 Å². The molecule has 3 aromatic rings. The van der Waals surface area contributed by atoms with Gasteiger partial charge in [0.1, 0.15) is 0 Å². The number of hydrogen-bond donors (Lipinski definition) is 1. The minimum atomic E-state index is -0.337. The maximum atomic E-state index is 11.6. The number of benzene rings is 2. The normalized spacial score (nSPS) is 19.3. The smallest absolute Gasteiger partial charge is 0.337 e. The van der Waals surface area contributed by atoms with Crippen molar-refractivity contribution in [2.45, 2.75) is 25.4 Å². The van der Waals surface area contributed by atoms with E-state index in [9.17, 15) is 4.79 Å². The Morgan fingerprint density at radius 1 is 1.19 bits per heavy atom. The van der Waals surface area contributed by atoms with E-state index in [0.29, 0.717) is 24.0 Å². The molecule has 1 heterocycles. The van der Waals surface area contributed by atoms with Crippen molar-refractivity contribution in [2.75, 3.05) is 13.7 Å². The van der Waals surface area contributed by atoms with Crippen LogP contribution in [0.3, 0.4) is 0 Å². The summed E-state index contributed by atoms with van der Waals surface area (Å²) in [5.41, 5.74) is 3.71. The van der Waals surface area contributed by atoms with E-state index in [1.54, 1.807) is 12.1 Å². The zero-order valence-corrected chi connectivity index (χ0v) is 14.8. The van der Waals surface area contributed by atoms with Gasteiger partial charge >= 0.3 is 5.97 Å². The zero-order valence-electron chi connectivity index (χ0n) is 14.8. The van der Waals surface area contributed by atoms with E-state index < -0.39 is 0 Å². The molecule has 4 rings (SSSR count). The minimum Gasteiger partial charge on any atom is -0.465 e. The van der Waals surface area contributed by atoms with E-state index in [0.717, 1.165) is 36.0 Å². The van der Waals surface area contributed by atoms with Crippen molar-refractivity contribution in [2.24, 2.45) is 5.92 Å². The van der Waals surface area contributed by atoms with Gasteiger partial charge in [-0.05, 0) is 36.5 Å². The highest BCUT2D eigenvalue weighted by Crippen LogP contribution is 2.43. The Morgan fingerprint density at radius 3 is 2.77 bits per heavy atom. The molecule has 1 aromatic heterocycles. The second kappa shape index (κ2) is 7.30. The summed E-state index contributed by atoms with van der Waals surface area (Å²) in [7, 11) is 1.39. The predicted molar refractivity (Wildman–Crippen MR) is 99.0 cm³/mol. The summed E-state index contributed by atoms with van der Waals surface area (Å²) in [5, 5.41) is 8.61. The SMILES string of the molecule is COC(=O)c1ccc2c(C3CC(COCc4ccccc4)C3)[nH]nc2c1. The summed E-state index contributed by atoms with van der Waals surface area (Å²) in [6.07, 6.45) is 2.20. The average Bonchev–Trinajstić information content (AvgIpc) is 3.06. The molecule has 1 aliphatic rings. The monoisotopic (exact) mass is 350 g/mol. The van der Waals surface area contributed by atoms with Gasteiger partial charge in [-0.15, -0.1) is 0 Å². The average molecular weight is 350 g/mol. The lowest BCUT2D eigenvalue weighted by atomic mass is 9.73. The predicted octanol–water partition coefficient (Wildman–Crippen LogP) is 4.06. The fourth-order valence-electron chi connectivity index (χ4n) is 3.61. The molecule has 1 N–H and O–H groups in total. The zero-order chi connectivity index (χ0) is 17.9. The maximum Gasteiger partial charge on any atom is 0.337 e. The van der Waals surface area contributed by atoms with Crippen LogP contribution in [-0.2, 0) is 16.1 Å². The van der Waals surface area contributed by atoms with Crippen LogP contribution in [0.1, 0.15) is 40.4 Å². The van der Waals surface area contributed by atoms with E-state index in [-0.39, 0.29) is 5.97 Å². The highest BCUT2D eigenvalue weighted by Gasteiger charge is 2.32. The van der Waals surface area contributed by atoms with Crippen molar-refractivity contribution in [3.63, 3.8) is 0 Å². The summed E-state index contributed by atoms with van der Waals surface area (Å²) < 4.78 is 10.6. The fourth-order valence-corrected chi connectivity index (χ4v) is 3.61. The van der Waals surface area contributed by atoms with Crippen LogP contribution in [0.4, 0.5) is 0 Å². The van der Waals surface area contributed by atoms with Crippen LogP contribution in [0.25, 0.3) is 10.9 Å². The molecule has 0 aliphatic heterocycles. The third kappa shape index (κ3) is 3.35. The lowest BCUT2D eigenvalue weighted by molar-refractivity contribution is 0.0504. The van der Waals surface area contributed by atoms with Crippen molar-refractivity contribution >= 4 is 16.9 Å². The van der Waals surface area contributed by atoms with Crippen LogP contribution in [0, 0.1) is 5.92 Å². The lowest BCUT2D eigenvalue weighted by Crippen LogP contribution is -2.26. The molecule has 1 saturated carbocycles. The molecule has 5 nitrogen and oxygen atoms in total. The topological polar surface area (TPSA) is 64.2 Å². The molecule has 2 aromatic carbocycles. The molecule has 134 valence electrons. The van der Waals surface area contributed by atoms with Crippen LogP contribution < -0.4 is 0 Å². The highest BCUT2D eigenvalue weighted by atomic mass is 16.5. The van der Waals surface area contributed by atoms with E-state index in [4.69, 9.17) is 9.47 Å². The van der Waals surface area contributed by atoms with Crippen molar-refractivity contribution in [3.8, 4) is 0 Å². The summed E-state index contributed by atoms with van der Waals surface area (Å²) in [4.78, 5) is 11.6. The number of rotatable bonds is 6. The van der Waals surface area contributed by atoms with Gasteiger partial charge in [0.25, 0.3) is 0 Å². The molecule has 0 bridgehead atoms. The van der Waals surface area contributed by atoms with Gasteiger partial charge in [0.05, 0.1) is 24.8 Å². The number of hydrogen-bond acceptors (Lipinski definition) is 4. The Balaban J connectivity index is 1.33. The Kier molecular flexibility index (Phi) is 4.71. The number of methoxy groups -OCH3 is 1. The minimum absolute atomic E-state index is 0.337. The molecule has 1 fully saturated rings. The fraction of sp³-hybridized carbons (Fsp3) is 0.333. The standard InChI is InChI=1S/C21H22N2O3/c1-25-21(24)16-7-8-18-19(11-16)22-23-20(18)17-9-15(10-17)13-26-12-14-5-3-2-4-6-14/h2-8,11,15,17H,9-10,12-13H2,1H3,(H,22,23). The summed E-state index contributed by atoms with van der Waals surface area (Å²) in [6.45, 7) is 1.47. The first-order valence-corrected chi connectivity index (χ1v) is 8.92. The van der Waals surface area contributed by atoms with E-state index in [1.807, 2.05) is 24.3 Å². The molecule has 0 radical (unpaired) electrons. The van der Waals surface area contributed by atoms with Crippen molar-refractivity contribution in [1.82, 2.24) is 10.2 Å². The van der Waals surface area contributed by atoms with Crippen molar-refractivity contribution < 1.29 is 14.3 Å². The molecule has 0 atom stereocenters. The second-order valence-corrected chi connectivity index (χ2v) is 6.90. The molecule has 0 unspecified atom stereocenters. The molecule has 5 heteroatoms. The Labute approximate surface area is 152 Å². The number of nitrogens with one attached hydrogen (secondary N) is 1. The Bertz CT molecular complexity index is 898. The first-order chi connectivity index (χ1) is 12.7. The molecular weight excluding hydrogens is 328 g/mol. The Morgan fingerprint density at radius 2 is 2.00 bits per heavy atom. The first kappa shape index (κ1) is 16.8. The van der Waals surface area contributed by atoms with Gasteiger partial charge < -0.3 is 9.47 Å². The third-order valence-corrected chi connectivity index (χ3v) is 5.11. The lowest BCUT2D eigenvalue weighted by Gasteiger charge is -2.34. The molecule has 0 spiro atoms. The Hall–Kier alpha value is -2.66. The quantitative estimate of drug-likeness (QED) is 0.681. The maximum absolute atomic E-state index is 11.6. The number of aromatic nitrogens is 2. The van der Waals surface area contributed by atoms with Crippen molar-refractivity contribution in [1.29, 1.82) is 0 Å². The van der Waals surface area contributed by atoms with Gasteiger partial charge in [0, 0.05) is 23.6 Å². The number of esters is 1. The third-order valence-electron chi connectivity index (χ3n) is 5.11. The van der Waals surface area contributed by atoms with Gasteiger partial charge in [-0.2, -0.15) is 5.10 Å². The van der Waals surface area contributed by atoms with E-state index >= 15 is 0 Å². The number of ether oxygens (including phenoxy) is 2. The summed E-state index contributed by atoms with van der Waals surface area (Å²) in [6, 6.07) is 15.8. The number of H-pyrrole nitrogens is 1. The molecule has 0 saturated heterocycles. The van der Waals surface area contributed by atoms with Gasteiger partial charge in [-0.3, -0.25) is 5.10 Å². The van der Waals surface area contributed by atoms with Gasteiger partial charge in [0.2, 0.25) is 0 Å². The van der Waals surface area contributed by atoms with Crippen LogP contribution in [0.2, 0.25) is 0 Å². The number of nitrogens with zero attached hydrogens (tertiary/aromatic N) is 1. The van der Waals surface area contributed by atoms with Crippen LogP contribution in [0.5, 0.6) is 0 Å². The number of carbonyl (C=O) groups is 1. The van der Waals surface area contributed by atoms with Crippen molar-refractivity contribution in [3.05, 3.63) is 65.4 Å².